The standard InChI is InChI=1S/C8H13N5O/c1-5(4-6-2-3-6)9-8(14)7-10-12-13-11-7/h5-6H,2-4H2,1H3,(H,9,14)(H,10,11,12,13). The van der Waals surface area contributed by atoms with Crippen LogP contribution in [-0.2, 0) is 0 Å². The fourth-order valence-electron chi connectivity index (χ4n) is 1.46. The van der Waals surface area contributed by atoms with E-state index in [-0.39, 0.29) is 17.8 Å². The Labute approximate surface area is 81.5 Å². The molecule has 1 saturated carbocycles. The van der Waals surface area contributed by atoms with Crippen LogP contribution in [0, 0.1) is 5.92 Å². The highest BCUT2D eigenvalue weighted by Gasteiger charge is 2.24. The van der Waals surface area contributed by atoms with Crippen LogP contribution in [0.25, 0.3) is 0 Å². The van der Waals surface area contributed by atoms with Crippen LogP contribution in [0.5, 0.6) is 0 Å². The quantitative estimate of drug-likeness (QED) is 0.714. The van der Waals surface area contributed by atoms with Gasteiger partial charge >= 0.3 is 0 Å². The van der Waals surface area contributed by atoms with Gasteiger partial charge in [0, 0.05) is 6.04 Å². The number of hydrogen-bond donors (Lipinski definition) is 2. The Morgan fingerprint density at radius 1 is 1.71 bits per heavy atom. The lowest BCUT2D eigenvalue weighted by atomic mass is 10.1. The summed E-state index contributed by atoms with van der Waals surface area (Å²) in [6.45, 7) is 2.00. The molecule has 2 rings (SSSR count). The average Bonchev–Trinajstić information content (AvgIpc) is 2.80. The topological polar surface area (TPSA) is 83.6 Å². The molecular formula is C8H13N5O. The van der Waals surface area contributed by atoms with Crippen molar-refractivity contribution in [3.8, 4) is 0 Å². The summed E-state index contributed by atoms with van der Waals surface area (Å²) in [5.41, 5.74) is 0. The second-order valence-electron chi connectivity index (χ2n) is 3.79. The minimum Gasteiger partial charge on any atom is -0.347 e. The Morgan fingerprint density at radius 2 is 2.50 bits per heavy atom. The van der Waals surface area contributed by atoms with Crippen molar-refractivity contribution in [3.05, 3.63) is 5.82 Å². The molecule has 1 unspecified atom stereocenters. The zero-order valence-corrected chi connectivity index (χ0v) is 8.03. The number of nitrogens with one attached hydrogen (secondary N) is 2. The van der Waals surface area contributed by atoms with Crippen LogP contribution in [0.4, 0.5) is 0 Å². The zero-order valence-electron chi connectivity index (χ0n) is 8.03. The van der Waals surface area contributed by atoms with E-state index < -0.39 is 0 Å². The fraction of sp³-hybridized carbons (Fsp3) is 0.750. The van der Waals surface area contributed by atoms with Crippen molar-refractivity contribution in [2.75, 3.05) is 0 Å². The maximum Gasteiger partial charge on any atom is 0.293 e. The lowest BCUT2D eigenvalue weighted by Crippen LogP contribution is -2.33. The molecular weight excluding hydrogens is 182 g/mol. The number of nitrogens with zero attached hydrogens (tertiary/aromatic N) is 3. The Morgan fingerprint density at radius 3 is 3.07 bits per heavy atom. The van der Waals surface area contributed by atoms with E-state index in [2.05, 4.69) is 25.9 Å². The molecule has 6 heteroatoms. The molecule has 1 aromatic heterocycles. The van der Waals surface area contributed by atoms with Gasteiger partial charge in [-0.25, -0.2) is 0 Å². The second kappa shape index (κ2) is 3.73. The minimum atomic E-state index is -0.257. The van der Waals surface area contributed by atoms with Gasteiger partial charge in [0.05, 0.1) is 0 Å². The molecule has 1 atom stereocenters. The molecule has 6 nitrogen and oxygen atoms in total. The lowest BCUT2D eigenvalue weighted by Gasteiger charge is -2.10. The summed E-state index contributed by atoms with van der Waals surface area (Å²) in [5.74, 6) is 0.648. The first-order chi connectivity index (χ1) is 6.75. The molecule has 0 aromatic carbocycles. The first-order valence-corrected chi connectivity index (χ1v) is 4.80. The van der Waals surface area contributed by atoms with Gasteiger partial charge in [-0.05, 0) is 24.5 Å². The number of carbonyl (C=O) groups is 1. The molecule has 0 bridgehead atoms. The van der Waals surface area contributed by atoms with Crippen molar-refractivity contribution in [1.29, 1.82) is 0 Å². The molecule has 0 spiro atoms. The number of aromatic nitrogens is 4. The number of aromatic amines is 1. The van der Waals surface area contributed by atoms with Crippen LogP contribution in [0.1, 0.15) is 36.8 Å². The number of carbonyl (C=O) groups excluding carboxylic acids is 1. The van der Waals surface area contributed by atoms with E-state index in [4.69, 9.17) is 0 Å². The van der Waals surface area contributed by atoms with Gasteiger partial charge < -0.3 is 5.32 Å². The Bertz CT molecular complexity index is 306. The van der Waals surface area contributed by atoms with Gasteiger partial charge in [0.1, 0.15) is 0 Å². The van der Waals surface area contributed by atoms with Gasteiger partial charge in [0.15, 0.2) is 0 Å². The maximum atomic E-state index is 11.4. The largest absolute Gasteiger partial charge is 0.347 e. The number of rotatable bonds is 4. The smallest absolute Gasteiger partial charge is 0.293 e. The van der Waals surface area contributed by atoms with E-state index in [0.717, 1.165) is 12.3 Å². The molecule has 0 aliphatic heterocycles. The Kier molecular flexibility index (Phi) is 2.43. The molecule has 2 N–H and O–H groups in total. The van der Waals surface area contributed by atoms with E-state index in [1.54, 1.807) is 0 Å². The number of amides is 1. The molecule has 1 amide bonds. The molecule has 76 valence electrons. The van der Waals surface area contributed by atoms with Gasteiger partial charge in [-0.15, -0.1) is 10.2 Å². The Hall–Kier alpha value is -1.46. The summed E-state index contributed by atoms with van der Waals surface area (Å²) in [5, 5.41) is 15.6. The average molecular weight is 195 g/mol. The third-order valence-corrected chi connectivity index (χ3v) is 2.31. The number of H-pyrrole nitrogens is 1. The third kappa shape index (κ3) is 2.27. The molecule has 1 fully saturated rings. The van der Waals surface area contributed by atoms with Crippen molar-refractivity contribution in [2.24, 2.45) is 5.92 Å². The van der Waals surface area contributed by atoms with Crippen LogP contribution in [-0.4, -0.2) is 32.6 Å². The van der Waals surface area contributed by atoms with Crippen LogP contribution >= 0.6 is 0 Å². The van der Waals surface area contributed by atoms with Crippen molar-refractivity contribution in [2.45, 2.75) is 32.2 Å². The monoisotopic (exact) mass is 195 g/mol. The fourth-order valence-corrected chi connectivity index (χ4v) is 1.46. The molecule has 1 aromatic rings. The highest BCUT2D eigenvalue weighted by molar-refractivity contribution is 5.90. The molecule has 14 heavy (non-hydrogen) atoms. The van der Waals surface area contributed by atoms with Crippen molar-refractivity contribution in [1.82, 2.24) is 25.9 Å². The van der Waals surface area contributed by atoms with E-state index in [9.17, 15) is 4.79 Å². The molecule has 0 saturated heterocycles. The summed E-state index contributed by atoms with van der Waals surface area (Å²) >= 11 is 0. The van der Waals surface area contributed by atoms with Crippen LogP contribution in [0.15, 0.2) is 0 Å². The van der Waals surface area contributed by atoms with Gasteiger partial charge in [0.25, 0.3) is 11.7 Å². The predicted molar refractivity (Wildman–Crippen MR) is 48.4 cm³/mol. The van der Waals surface area contributed by atoms with Gasteiger partial charge in [-0.1, -0.05) is 12.8 Å². The maximum absolute atomic E-state index is 11.4. The second-order valence-corrected chi connectivity index (χ2v) is 3.79. The summed E-state index contributed by atoms with van der Waals surface area (Å²) < 4.78 is 0. The van der Waals surface area contributed by atoms with E-state index in [1.807, 2.05) is 6.92 Å². The Balaban J connectivity index is 1.81. The molecule has 1 aliphatic carbocycles. The lowest BCUT2D eigenvalue weighted by molar-refractivity contribution is 0.0927. The summed E-state index contributed by atoms with van der Waals surface area (Å²) in [6.07, 6.45) is 3.63. The van der Waals surface area contributed by atoms with Gasteiger partial charge in [0.2, 0.25) is 0 Å². The van der Waals surface area contributed by atoms with Crippen molar-refractivity contribution >= 4 is 5.91 Å². The van der Waals surface area contributed by atoms with E-state index in [1.165, 1.54) is 12.8 Å². The van der Waals surface area contributed by atoms with Crippen LogP contribution < -0.4 is 5.32 Å². The molecule has 1 heterocycles. The number of hydrogen-bond acceptors (Lipinski definition) is 4. The SMILES string of the molecule is CC(CC1CC1)NC(=O)c1nn[nH]n1. The van der Waals surface area contributed by atoms with E-state index in [0.29, 0.717) is 0 Å². The van der Waals surface area contributed by atoms with E-state index >= 15 is 0 Å². The first-order valence-electron chi connectivity index (χ1n) is 4.80. The molecule has 0 radical (unpaired) electrons. The summed E-state index contributed by atoms with van der Waals surface area (Å²) in [7, 11) is 0. The van der Waals surface area contributed by atoms with Crippen LogP contribution in [0.2, 0.25) is 0 Å². The third-order valence-electron chi connectivity index (χ3n) is 2.31. The van der Waals surface area contributed by atoms with Gasteiger partial charge in [-0.2, -0.15) is 5.21 Å². The van der Waals surface area contributed by atoms with Gasteiger partial charge in [-0.3, -0.25) is 4.79 Å². The minimum absolute atomic E-state index is 0.104. The first kappa shape index (κ1) is 9.11. The number of tetrazole rings is 1. The highest BCUT2D eigenvalue weighted by Crippen LogP contribution is 2.33. The summed E-state index contributed by atoms with van der Waals surface area (Å²) in [6, 6.07) is 0.188. The van der Waals surface area contributed by atoms with Crippen LogP contribution in [0.3, 0.4) is 0 Å². The normalized spacial score (nSPS) is 17.8. The summed E-state index contributed by atoms with van der Waals surface area (Å²) in [4.78, 5) is 11.4. The molecule has 1 aliphatic rings. The zero-order chi connectivity index (χ0) is 9.97. The van der Waals surface area contributed by atoms with Crippen molar-refractivity contribution in [3.63, 3.8) is 0 Å². The predicted octanol–water partition coefficient (Wildman–Crippen LogP) is 0.118. The van der Waals surface area contributed by atoms with Crippen molar-refractivity contribution < 1.29 is 4.79 Å². The highest BCUT2D eigenvalue weighted by atomic mass is 16.2.